The Morgan fingerprint density at radius 3 is 2.27 bits per heavy atom. The van der Waals surface area contributed by atoms with E-state index in [9.17, 15) is 9.59 Å². The van der Waals surface area contributed by atoms with Crippen LogP contribution >= 0.6 is 0 Å². The lowest BCUT2D eigenvalue weighted by Crippen LogP contribution is -2.54. The van der Waals surface area contributed by atoms with Crippen molar-refractivity contribution in [1.82, 2.24) is 0 Å². The van der Waals surface area contributed by atoms with Crippen LogP contribution in [-0.2, 0) is 23.5 Å². The van der Waals surface area contributed by atoms with Gasteiger partial charge in [-0.3, -0.25) is 9.59 Å². The molecule has 1 aliphatic heterocycles. The molecule has 0 radical (unpaired) electrons. The van der Waals surface area contributed by atoms with Gasteiger partial charge in [0.05, 0.1) is 25.6 Å². The van der Waals surface area contributed by atoms with Gasteiger partial charge in [-0.1, -0.05) is 27.7 Å². The molecule has 0 saturated carbocycles. The van der Waals surface area contributed by atoms with E-state index < -0.39 is 14.4 Å². The minimum Gasteiger partial charge on any atom is -0.469 e. The predicted octanol–water partition coefficient (Wildman–Crippen LogP) is 3.14. The van der Waals surface area contributed by atoms with Crippen molar-refractivity contribution in [3.05, 3.63) is 0 Å². The van der Waals surface area contributed by atoms with Crippen LogP contribution in [0.5, 0.6) is 0 Å². The van der Waals surface area contributed by atoms with Crippen molar-refractivity contribution >= 4 is 20.3 Å². The van der Waals surface area contributed by atoms with Crippen LogP contribution in [0.1, 0.15) is 41.0 Å². The first kappa shape index (κ1) is 19.2. The highest BCUT2D eigenvalue weighted by atomic mass is 28.4. The molecule has 0 spiro atoms. The van der Waals surface area contributed by atoms with Crippen molar-refractivity contribution in [2.75, 3.05) is 7.11 Å². The number of rotatable bonds is 4. The second-order valence-corrected chi connectivity index (χ2v) is 12.5. The van der Waals surface area contributed by atoms with Gasteiger partial charge in [-0.15, -0.1) is 0 Å². The van der Waals surface area contributed by atoms with Gasteiger partial charge in [0.2, 0.25) is 0 Å². The number of hydrogen-bond donors (Lipinski definition) is 0. The summed E-state index contributed by atoms with van der Waals surface area (Å²) in [5.41, 5.74) is 0. The highest BCUT2D eigenvalue weighted by Crippen LogP contribution is 2.41. The molecular formula is C16H30O5Si. The molecule has 0 aliphatic carbocycles. The van der Waals surface area contributed by atoms with E-state index in [2.05, 4.69) is 33.9 Å². The zero-order valence-corrected chi connectivity index (χ0v) is 16.1. The molecule has 5 nitrogen and oxygen atoms in total. The molecule has 0 unspecified atom stereocenters. The first-order valence-corrected chi connectivity index (χ1v) is 10.8. The predicted molar refractivity (Wildman–Crippen MR) is 86.9 cm³/mol. The molecule has 6 heteroatoms. The molecule has 0 N–H and O–H groups in total. The third-order valence-electron chi connectivity index (χ3n) is 5.07. The summed E-state index contributed by atoms with van der Waals surface area (Å²) < 4.78 is 16.6. The molecule has 4 atom stereocenters. The highest BCUT2D eigenvalue weighted by molar-refractivity contribution is 6.74. The maximum atomic E-state index is 12.1. The summed E-state index contributed by atoms with van der Waals surface area (Å²) in [7, 11) is -0.670. The monoisotopic (exact) mass is 330 g/mol. The van der Waals surface area contributed by atoms with Gasteiger partial charge < -0.3 is 13.9 Å². The van der Waals surface area contributed by atoms with Crippen molar-refractivity contribution in [3.63, 3.8) is 0 Å². The summed E-state index contributed by atoms with van der Waals surface area (Å²) in [6, 6.07) is 0. The summed E-state index contributed by atoms with van der Waals surface area (Å²) in [6.07, 6.45) is -0.629. The fourth-order valence-electron chi connectivity index (χ4n) is 2.37. The Morgan fingerprint density at radius 1 is 1.27 bits per heavy atom. The van der Waals surface area contributed by atoms with E-state index in [1.165, 1.54) is 7.11 Å². The van der Waals surface area contributed by atoms with Gasteiger partial charge in [0.25, 0.3) is 0 Å². The van der Waals surface area contributed by atoms with Gasteiger partial charge in [-0.25, -0.2) is 0 Å². The third-order valence-corrected chi connectivity index (χ3v) is 9.54. The smallest absolute Gasteiger partial charge is 0.311 e. The van der Waals surface area contributed by atoms with E-state index in [0.29, 0.717) is 0 Å². The van der Waals surface area contributed by atoms with Crippen molar-refractivity contribution in [2.24, 2.45) is 11.8 Å². The Balaban J connectivity index is 2.95. The Morgan fingerprint density at radius 2 is 1.82 bits per heavy atom. The van der Waals surface area contributed by atoms with Crippen molar-refractivity contribution in [3.8, 4) is 0 Å². The van der Waals surface area contributed by atoms with Gasteiger partial charge in [-0.2, -0.15) is 0 Å². The quantitative estimate of drug-likeness (QED) is 0.585. The SMILES string of the molecule is COC(=O)C[C@@H]1OC(=O)[C@H](C)[C@@H](O[Si](C)(C)C(C)(C)C)[C@H]1C. The first-order chi connectivity index (χ1) is 9.90. The first-order valence-electron chi connectivity index (χ1n) is 7.86. The van der Waals surface area contributed by atoms with Crippen LogP contribution in [0.3, 0.4) is 0 Å². The van der Waals surface area contributed by atoms with Gasteiger partial charge in [-0.05, 0) is 25.1 Å². The number of carbonyl (C=O) groups excluding carboxylic acids is 2. The molecule has 1 saturated heterocycles. The van der Waals surface area contributed by atoms with Crippen LogP contribution in [0.4, 0.5) is 0 Å². The highest BCUT2D eigenvalue weighted by Gasteiger charge is 2.48. The molecule has 0 aromatic heterocycles. The summed E-state index contributed by atoms with van der Waals surface area (Å²) in [5, 5.41) is 0.0611. The summed E-state index contributed by atoms with van der Waals surface area (Å²) in [5.74, 6) is -1.03. The van der Waals surface area contributed by atoms with Crippen molar-refractivity contribution in [2.45, 2.75) is 71.4 Å². The minimum absolute atomic E-state index is 0.0408. The second kappa shape index (κ2) is 6.70. The molecule has 1 heterocycles. The maximum Gasteiger partial charge on any atom is 0.311 e. The fraction of sp³-hybridized carbons (Fsp3) is 0.875. The van der Waals surface area contributed by atoms with E-state index in [1.54, 1.807) is 0 Å². The molecule has 128 valence electrons. The van der Waals surface area contributed by atoms with Crippen molar-refractivity contribution < 1.29 is 23.5 Å². The van der Waals surface area contributed by atoms with Crippen LogP contribution in [0.2, 0.25) is 18.1 Å². The average Bonchev–Trinajstić information content (AvgIpc) is 2.39. The number of cyclic esters (lactones) is 1. The normalized spacial score (nSPS) is 29.9. The Kier molecular flexibility index (Phi) is 5.84. The summed E-state index contributed by atoms with van der Waals surface area (Å²) in [4.78, 5) is 23.6. The van der Waals surface area contributed by atoms with E-state index in [1.807, 2.05) is 13.8 Å². The largest absolute Gasteiger partial charge is 0.469 e. The Hall–Kier alpha value is -0.883. The third kappa shape index (κ3) is 4.10. The lowest BCUT2D eigenvalue weighted by molar-refractivity contribution is -0.178. The molecule has 0 amide bonds. The van der Waals surface area contributed by atoms with Crippen molar-refractivity contribution in [1.29, 1.82) is 0 Å². The summed E-state index contributed by atoms with van der Waals surface area (Å²) >= 11 is 0. The van der Waals surface area contributed by atoms with E-state index >= 15 is 0 Å². The van der Waals surface area contributed by atoms with E-state index in [0.717, 1.165) is 0 Å². The lowest BCUT2D eigenvalue weighted by atomic mass is 9.85. The van der Waals surface area contributed by atoms with Gasteiger partial charge in [0.1, 0.15) is 6.10 Å². The number of methoxy groups -OCH3 is 1. The zero-order valence-electron chi connectivity index (χ0n) is 15.1. The van der Waals surface area contributed by atoms with Gasteiger partial charge in [0, 0.05) is 5.92 Å². The number of carbonyl (C=O) groups is 2. The molecule has 1 rings (SSSR count). The maximum absolute atomic E-state index is 12.1. The molecule has 0 aromatic carbocycles. The van der Waals surface area contributed by atoms with Crippen LogP contribution in [0.15, 0.2) is 0 Å². The molecule has 1 aliphatic rings. The summed E-state index contributed by atoms with van der Waals surface area (Å²) in [6.45, 7) is 14.7. The number of ether oxygens (including phenoxy) is 2. The topological polar surface area (TPSA) is 61.8 Å². The molecular weight excluding hydrogens is 300 g/mol. The molecule has 0 bridgehead atoms. The van der Waals surface area contributed by atoms with Crippen LogP contribution < -0.4 is 0 Å². The zero-order chi connectivity index (χ0) is 17.3. The van der Waals surface area contributed by atoms with Crippen LogP contribution in [-0.4, -0.2) is 39.6 Å². The molecule has 1 fully saturated rings. The fourth-order valence-corrected chi connectivity index (χ4v) is 3.82. The van der Waals surface area contributed by atoms with Gasteiger partial charge >= 0.3 is 11.9 Å². The van der Waals surface area contributed by atoms with Gasteiger partial charge in [0.15, 0.2) is 8.32 Å². The average molecular weight is 330 g/mol. The standard InChI is InChI=1S/C16H30O5Si/c1-10-12(9-13(17)19-6)20-15(18)11(2)14(10)21-22(7,8)16(3,4)5/h10-12,14H,9H2,1-8H3/t10-,11+,12-,14-/m0/s1. The second-order valence-electron chi connectivity index (χ2n) is 7.75. The molecule has 0 aromatic rings. The molecule has 22 heavy (non-hydrogen) atoms. The minimum atomic E-state index is -2.01. The Labute approximate surface area is 134 Å². The van der Waals surface area contributed by atoms with E-state index in [-0.39, 0.29) is 41.3 Å². The number of esters is 2. The van der Waals surface area contributed by atoms with Crippen LogP contribution in [0, 0.1) is 11.8 Å². The number of hydrogen-bond acceptors (Lipinski definition) is 5. The van der Waals surface area contributed by atoms with Crippen LogP contribution in [0.25, 0.3) is 0 Å². The van der Waals surface area contributed by atoms with E-state index in [4.69, 9.17) is 13.9 Å². The lowest BCUT2D eigenvalue weighted by Gasteiger charge is -2.45. The Bertz CT molecular complexity index is 425.